The first kappa shape index (κ1) is 12.7. The van der Waals surface area contributed by atoms with Gasteiger partial charge in [-0.3, -0.25) is 0 Å². The lowest BCUT2D eigenvalue weighted by molar-refractivity contribution is 0.417. The van der Waals surface area contributed by atoms with Crippen LogP contribution in [0.2, 0.25) is 0 Å². The number of aromatic nitrogens is 3. The predicted octanol–water partition coefficient (Wildman–Crippen LogP) is 2.73. The molecule has 0 bridgehead atoms. The van der Waals surface area contributed by atoms with E-state index in [1.54, 1.807) is 0 Å². The molecule has 0 radical (unpaired) electrons. The minimum absolute atomic E-state index is 0.0737. The van der Waals surface area contributed by atoms with E-state index in [1.165, 1.54) is 16.9 Å². The van der Waals surface area contributed by atoms with Gasteiger partial charge in [0, 0.05) is 11.9 Å². The SMILES string of the molecule is NCc1nc(-c2nc(C3(c4ccccc4)CC3)no2)cs1. The predicted molar refractivity (Wildman–Crippen MR) is 79.8 cm³/mol. The molecule has 0 amide bonds. The maximum Gasteiger partial charge on any atom is 0.277 e. The van der Waals surface area contributed by atoms with Crippen LogP contribution in [0.15, 0.2) is 40.2 Å². The highest BCUT2D eigenvalue weighted by molar-refractivity contribution is 7.09. The van der Waals surface area contributed by atoms with Gasteiger partial charge in [-0.2, -0.15) is 4.98 Å². The zero-order valence-electron chi connectivity index (χ0n) is 11.3. The third kappa shape index (κ3) is 2.07. The number of nitrogens with zero attached hydrogens (tertiary/aromatic N) is 3. The first-order valence-corrected chi connectivity index (χ1v) is 7.74. The summed E-state index contributed by atoms with van der Waals surface area (Å²) in [7, 11) is 0. The summed E-state index contributed by atoms with van der Waals surface area (Å²) in [6.45, 7) is 0.430. The monoisotopic (exact) mass is 298 g/mol. The molecule has 2 aromatic heterocycles. The second-order valence-electron chi connectivity index (χ2n) is 5.20. The Morgan fingerprint density at radius 2 is 2.00 bits per heavy atom. The van der Waals surface area contributed by atoms with Crippen LogP contribution in [0.4, 0.5) is 0 Å². The number of nitrogens with two attached hydrogens (primary N) is 1. The standard InChI is InChI=1S/C15H14N4OS/c16-8-12-17-11(9-21-12)13-18-14(19-20-13)15(6-7-15)10-4-2-1-3-5-10/h1-5,9H,6-8,16H2. The molecule has 1 aliphatic rings. The van der Waals surface area contributed by atoms with Crippen molar-refractivity contribution in [3.63, 3.8) is 0 Å². The molecule has 5 nitrogen and oxygen atoms in total. The summed E-state index contributed by atoms with van der Waals surface area (Å²) in [5, 5.41) is 6.96. The molecule has 0 atom stereocenters. The van der Waals surface area contributed by atoms with Crippen molar-refractivity contribution in [1.29, 1.82) is 0 Å². The van der Waals surface area contributed by atoms with E-state index in [0.29, 0.717) is 18.1 Å². The van der Waals surface area contributed by atoms with Crippen molar-refractivity contribution >= 4 is 11.3 Å². The van der Waals surface area contributed by atoms with Gasteiger partial charge < -0.3 is 10.3 Å². The van der Waals surface area contributed by atoms with Crippen molar-refractivity contribution in [2.24, 2.45) is 5.73 Å². The molecule has 0 unspecified atom stereocenters. The van der Waals surface area contributed by atoms with E-state index < -0.39 is 0 Å². The van der Waals surface area contributed by atoms with Gasteiger partial charge in [-0.05, 0) is 18.4 Å². The van der Waals surface area contributed by atoms with E-state index in [9.17, 15) is 0 Å². The molecule has 6 heteroatoms. The molecule has 0 spiro atoms. The fourth-order valence-electron chi connectivity index (χ4n) is 2.55. The summed E-state index contributed by atoms with van der Waals surface area (Å²) in [4.78, 5) is 8.95. The van der Waals surface area contributed by atoms with Crippen LogP contribution < -0.4 is 5.73 Å². The van der Waals surface area contributed by atoms with Gasteiger partial charge in [-0.15, -0.1) is 11.3 Å². The molecule has 1 saturated carbocycles. The van der Waals surface area contributed by atoms with Crippen molar-refractivity contribution in [2.75, 3.05) is 0 Å². The maximum atomic E-state index is 5.58. The molecule has 3 aromatic rings. The van der Waals surface area contributed by atoms with Crippen LogP contribution in [0, 0.1) is 0 Å². The zero-order valence-corrected chi connectivity index (χ0v) is 12.1. The Hall–Kier alpha value is -2.05. The third-order valence-corrected chi connectivity index (χ3v) is 4.75. The van der Waals surface area contributed by atoms with E-state index >= 15 is 0 Å². The summed E-state index contributed by atoms with van der Waals surface area (Å²) in [5.74, 6) is 1.23. The van der Waals surface area contributed by atoms with Gasteiger partial charge in [0.2, 0.25) is 0 Å². The van der Waals surface area contributed by atoms with Crippen LogP contribution in [-0.2, 0) is 12.0 Å². The van der Waals surface area contributed by atoms with Gasteiger partial charge in [0.15, 0.2) is 5.82 Å². The van der Waals surface area contributed by atoms with Gasteiger partial charge in [0.25, 0.3) is 5.89 Å². The number of hydrogen-bond acceptors (Lipinski definition) is 6. The fraction of sp³-hybridized carbons (Fsp3) is 0.267. The second kappa shape index (κ2) is 4.75. The largest absolute Gasteiger partial charge is 0.332 e. The van der Waals surface area contributed by atoms with Crippen LogP contribution in [-0.4, -0.2) is 15.1 Å². The first-order valence-electron chi connectivity index (χ1n) is 6.86. The molecular weight excluding hydrogens is 284 g/mol. The van der Waals surface area contributed by atoms with Crippen molar-refractivity contribution in [3.05, 3.63) is 52.1 Å². The van der Waals surface area contributed by atoms with E-state index in [4.69, 9.17) is 10.3 Å². The minimum Gasteiger partial charge on any atom is -0.332 e. The van der Waals surface area contributed by atoms with Gasteiger partial charge in [-0.1, -0.05) is 35.5 Å². The molecule has 0 aliphatic heterocycles. The average Bonchev–Trinajstić information content (AvgIpc) is 2.99. The van der Waals surface area contributed by atoms with E-state index in [1.807, 2.05) is 23.6 Å². The highest BCUT2D eigenvalue weighted by Gasteiger charge is 2.50. The van der Waals surface area contributed by atoms with Gasteiger partial charge >= 0.3 is 0 Å². The first-order chi connectivity index (χ1) is 10.3. The Bertz CT molecular complexity index is 761. The lowest BCUT2D eigenvalue weighted by atomic mass is 9.95. The summed E-state index contributed by atoms with van der Waals surface area (Å²) < 4.78 is 5.40. The highest BCUT2D eigenvalue weighted by Crippen LogP contribution is 2.52. The van der Waals surface area contributed by atoms with Crippen molar-refractivity contribution < 1.29 is 4.52 Å². The van der Waals surface area contributed by atoms with Gasteiger partial charge in [-0.25, -0.2) is 4.98 Å². The Morgan fingerprint density at radius 3 is 2.67 bits per heavy atom. The quantitative estimate of drug-likeness (QED) is 0.801. The molecule has 1 fully saturated rings. The fourth-order valence-corrected chi connectivity index (χ4v) is 3.20. The smallest absolute Gasteiger partial charge is 0.277 e. The maximum absolute atomic E-state index is 5.58. The van der Waals surface area contributed by atoms with Gasteiger partial charge in [0.1, 0.15) is 10.7 Å². The van der Waals surface area contributed by atoms with Crippen molar-refractivity contribution in [1.82, 2.24) is 15.1 Å². The Balaban J connectivity index is 1.69. The van der Waals surface area contributed by atoms with Crippen LogP contribution in [0.1, 0.15) is 29.2 Å². The number of hydrogen-bond donors (Lipinski definition) is 1. The van der Waals surface area contributed by atoms with Crippen molar-refractivity contribution in [3.8, 4) is 11.6 Å². The van der Waals surface area contributed by atoms with Crippen LogP contribution in [0.5, 0.6) is 0 Å². The molecule has 2 heterocycles. The van der Waals surface area contributed by atoms with Crippen LogP contribution >= 0.6 is 11.3 Å². The Morgan fingerprint density at radius 1 is 1.19 bits per heavy atom. The topological polar surface area (TPSA) is 77.8 Å². The lowest BCUT2D eigenvalue weighted by Gasteiger charge is -2.09. The molecule has 2 N–H and O–H groups in total. The second-order valence-corrected chi connectivity index (χ2v) is 6.14. The molecule has 1 aromatic carbocycles. The summed E-state index contributed by atoms with van der Waals surface area (Å²) >= 11 is 1.51. The Labute approximate surface area is 125 Å². The van der Waals surface area contributed by atoms with Crippen molar-refractivity contribution in [2.45, 2.75) is 24.8 Å². The molecule has 21 heavy (non-hydrogen) atoms. The highest BCUT2D eigenvalue weighted by atomic mass is 32.1. The van der Waals surface area contributed by atoms with E-state index in [-0.39, 0.29) is 5.41 Å². The summed E-state index contributed by atoms with van der Waals surface area (Å²) in [6.07, 6.45) is 2.11. The Kier molecular flexibility index (Phi) is 2.87. The normalized spacial score (nSPS) is 16.0. The number of rotatable bonds is 4. The molecule has 106 valence electrons. The summed E-state index contributed by atoms with van der Waals surface area (Å²) in [5.41, 5.74) is 7.47. The molecule has 1 aliphatic carbocycles. The summed E-state index contributed by atoms with van der Waals surface area (Å²) in [6, 6.07) is 10.4. The van der Waals surface area contributed by atoms with E-state index in [0.717, 1.165) is 23.7 Å². The number of thiazole rings is 1. The third-order valence-electron chi connectivity index (χ3n) is 3.88. The molecular formula is C15H14N4OS. The lowest BCUT2D eigenvalue weighted by Crippen LogP contribution is -2.10. The van der Waals surface area contributed by atoms with E-state index in [2.05, 4.69) is 27.3 Å². The van der Waals surface area contributed by atoms with Crippen LogP contribution in [0.25, 0.3) is 11.6 Å². The minimum atomic E-state index is -0.0737. The zero-order chi connectivity index (χ0) is 14.3. The van der Waals surface area contributed by atoms with Crippen LogP contribution in [0.3, 0.4) is 0 Å². The average molecular weight is 298 g/mol. The van der Waals surface area contributed by atoms with Gasteiger partial charge in [0.05, 0.1) is 5.41 Å². The molecule has 4 rings (SSSR count). The number of benzene rings is 1. The molecule has 0 saturated heterocycles.